The number of nitrogens with one attached hydrogen (secondary N) is 1. The van der Waals surface area contributed by atoms with Crippen LogP contribution >= 0.6 is 0 Å². The maximum Gasteiger partial charge on any atom is 0.302 e. The molecular weight excluding hydrogens is 254 g/mol. The van der Waals surface area contributed by atoms with E-state index in [-0.39, 0.29) is 12.1 Å². The van der Waals surface area contributed by atoms with E-state index in [0.717, 1.165) is 31.7 Å². The summed E-state index contributed by atoms with van der Waals surface area (Å²) < 4.78 is 10.7. The first-order valence-corrected chi connectivity index (χ1v) is 7.15. The van der Waals surface area contributed by atoms with Gasteiger partial charge in [0, 0.05) is 13.5 Å². The number of esters is 1. The van der Waals surface area contributed by atoms with Crippen molar-refractivity contribution < 1.29 is 14.3 Å². The molecule has 0 amide bonds. The van der Waals surface area contributed by atoms with Crippen LogP contribution in [0.2, 0.25) is 0 Å². The van der Waals surface area contributed by atoms with Crippen molar-refractivity contribution in [2.24, 2.45) is 0 Å². The van der Waals surface area contributed by atoms with Gasteiger partial charge in [-0.3, -0.25) is 4.79 Å². The molecule has 0 aliphatic heterocycles. The monoisotopic (exact) mass is 279 g/mol. The number of rotatable bonds is 9. The Morgan fingerprint density at radius 2 is 1.90 bits per heavy atom. The highest BCUT2D eigenvalue weighted by Crippen LogP contribution is 2.09. The number of hydrogen-bond donors (Lipinski definition) is 1. The summed E-state index contributed by atoms with van der Waals surface area (Å²) in [4.78, 5) is 10.7. The predicted molar refractivity (Wildman–Crippen MR) is 79.6 cm³/mol. The highest BCUT2D eigenvalue weighted by molar-refractivity contribution is 5.65. The molecule has 0 saturated heterocycles. The Kier molecular flexibility index (Phi) is 7.92. The zero-order valence-electron chi connectivity index (χ0n) is 12.6. The molecular formula is C16H25NO3. The minimum absolute atomic E-state index is 0.202. The molecule has 1 unspecified atom stereocenters. The van der Waals surface area contributed by atoms with E-state index in [1.165, 1.54) is 12.5 Å². The second kappa shape index (κ2) is 9.50. The zero-order chi connectivity index (χ0) is 14.8. The van der Waals surface area contributed by atoms with Crippen molar-refractivity contribution in [1.82, 2.24) is 5.32 Å². The number of ether oxygens (including phenoxy) is 2. The standard InChI is InChI=1S/C16H25NO3/c1-4-17-9-10-19-13(2)11-15-5-7-16(8-6-15)12-20-14(3)18/h5-8,13,17H,4,9-12H2,1-3H3. The average molecular weight is 279 g/mol. The lowest BCUT2D eigenvalue weighted by Gasteiger charge is -2.13. The van der Waals surface area contributed by atoms with Crippen LogP contribution in [0.15, 0.2) is 24.3 Å². The lowest BCUT2D eigenvalue weighted by atomic mass is 10.1. The fourth-order valence-corrected chi connectivity index (χ4v) is 1.86. The van der Waals surface area contributed by atoms with Crippen LogP contribution in [0.1, 0.15) is 31.9 Å². The first-order valence-electron chi connectivity index (χ1n) is 7.15. The number of likely N-dealkylation sites (N-methyl/N-ethyl adjacent to an activating group) is 1. The molecule has 0 spiro atoms. The van der Waals surface area contributed by atoms with Gasteiger partial charge in [0.05, 0.1) is 12.7 Å². The molecule has 0 aromatic heterocycles. The molecule has 0 bridgehead atoms. The summed E-state index contributed by atoms with van der Waals surface area (Å²) in [5, 5.41) is 3.23. The van der Waals surface area contributed by atoms with Crippen molar-refractivity contribution in [3.8, 4) is 0 Å². The highest BCUT2D eigenvalue weighted by Gasteiger charge is 2.04. The van der Waals surface area contributed by atoms with Gasteiger partial charge in [-0.15, -0.1) is 0 Å². The van der Waals surface area contributed by atoms with Gasteiger partial charge in [-0.05, 0) is 31.0 Å². The third-order valence-corrected chi connectivity index (χ3v) is 2.92. The van der Waals surface area contributed by atoms with E-state index in [2.05, 4.69) is 31.3 Å². The van der Waals surface area contributed by atoms with Gasteiger partial charge in [0.2, 0.25) is 0 Å². The molecule has 0 radical (unpaired) electrons. The normalized spacial score (nSPS) is 12.2. The summed E-state index contributed by atoms with van der Waals surface area (Å²) in [6.45, 7) is 8.52. The Morgan fingerprint density at radius 1 is 1.25 bits per heavy atom. The van der Waals surface area contributed by atoms with E-state index >= 15 is 0 Å². The van der Waals surface area contributed by atoms with Gasteiger partial charge in [-0.1, -0.05) is 31.2 Å². The van der Waals surface area contributed by atoms with E-state index in [4.69, 9.17) is 9.47 Å². The Balaban J connectivity index is 2.31. The number of benzene rings is 1. The van der Waals surface area contributed by atoms with E-state index in [1.54, 1.807) is 0 Å². The first-order chi connectivity index (χ1) is 9.61. The summed E-state index contributed by atoms with van der Waals surface area (Å²) >= 11 is 0. The second-order valence-corrected chi connectivity index (χ2v) is 4.84. The lowest BCUT2D eigenvalue weighted by Crippen LogP contribution is -2.22. The van der Waals surface area contributed by atoms with Crippen LogP contribution < -0.4 is 5.32 Å². The molecule has 1 atom stereocenters. The molecule has 1 N–H and O–H groups in total. The molecule has 0 saturated carbocycles. The Labute approximate surface area is 121 Å². The smallest absolute Gasteiger partial charge is 0.302 e. The van der Waals surface area contributed by atoms with E-state index in [0.29, 0.717) is 6.61 Å². The van der Waals surface area contributed by atoms with Gasteiger partial charge in [0.15, 0.2) is 0 Å². The maximum absolute atomic E-state index is 10.7. The Hall–Kier alpha value is -1.39. The van der Waals surface area contributed by atoms with Gasteiger partial charge in [-0.25, -0.2) is 0 Å². The van der Waals surface area contributed by atoms with Gasteiger partial charge in [0.1, 0.15) is 6.61 Å². The van der Waals surface area contributed by atoms with Gasteiger partial charge >= 0.3 is 5.97 Å². The predicted octanol–water partition coefficient (Wildman–Crippen LogP) is 2.31. The fraction of sp³-hybridized carbons (Fsp3) is 0.562. The highest BCUT2D eigenvalue weighted by atomic mass is 16.5. The van der Waals surface area contributed by atoms with E-state index in [9.17, 15) is 4.79 Å². The minimum Gasteiger partial charge on any atom is -0.461 e. The largest absolute Gasteiger partial charge is 0.461 e. The molecule has 1 rings (SSSR count). The topological polar surface area (TPSA) is 47.6 Å². The van der Waals surface area contributed by atoms with Crippen LogP contribution in [-0.4, -0.2) is 31.8 Å². The zero-order valence-corrected chi connectivity index (χ0v) is 12.6. The lowest BCUT2D eigenvalue weighted by molar-refractivity contribution is -0.142. The molecule has 112 valence electrons. The fourth-order valence-electron chi connectivity index (χ4n) is 1.86. The number of carbonyl (C=O) groups is 1. The van der Waals surface area contributed by atoms with Crippen LogP contribution in [0.3, 0.4) is 0 Å². The van der Waals surface area contributed by atoms with E-state index < -0.39 is 0 Å². The van der Waals surface area contributed by atoms with E-state index in [1.807, 2.05) is 12.1 Å². The quantitative estimate of drug-likeness (QED) is 0.556. The van der Waals surface area contributed by atoms with Crippen molar-refractivity contribution in [3.63, 3.8) is 0 Å². The van der Waals surface area contributed by atoms with Crippen LogP contribution in [0.4, 0.5) is 0 Å². The molecule has 4 heteroatoms. The van der Waals surface area contributed by atoms with Crippen molar-refractivity contribution in [3.05, 3.63) is 35.4 Å². The maximum atomic E-state index is 10.7. The average Bonchev–Trinajstić information content (AvgIpc) is 2.43. The molecule has 0 aliphatic carbocycles. The molecule has 1 aromatic rings. The van der Waals surface area contributed by atoms with Crippen LogP contribution in [0.25, 0.3) is 0 Å². The molecule has 0 heterocycles. The molecule has 20 heavy (non-hydrogen) atoms. The Morgan fingerprint density at radius 3 is 2.50 bits per heavy atom. The molecule has 0 fully saturated rings. The number of carbonyl (C=O) groups excluding carboxylic acids is 1. The van der Waals surface area contributed by atoms with Gasteiger partial charge < -0.3 is 14.8 Å². The van der Waals surface area contributed by atoms with Crippen LogP contribution in [0, 0.1) is 0 Å². The minimum atomic E-state index is -0.253. The SMILES string of the molecule is CCNCCOC(C)Cc1ccc(COC(C)=O)cc1. The third-order valence-electron chi connectivity index (χ3n) is 2.92. The van der Waals surface area contributed by atoms with Crippen molar-refractivity contribution in [2.75, 3.05) is 19.7 Å². The second-order valence-electron chi connectivity index (χ2n) is 4.84. The number of hydrogen-bond acceptors (Lipinski definition) is 4. The van der Waals surface area contributed by atoms with Crippen molar-refractivity contribution in [2.45, 2.75) is 39.9 Å². The first kappa shape index (κ1) is 16.7. The summed E-state index contributed by atoms with van der Waals surface area (Å²) in [5.41, 5.74) is 2.23. The molecule has 1 aromatic carbocycles. The summed E-state index contributed by atoms with van der Waals surface area (Å²) in [6, 6.07) is 8.10. The summed E-state index contributed by atoms with van der Waals surface area (Å²) in [7, 11) is 0. The van der Waals surface area contributed by atoms with Gasteiger partial charge in [-0.2, -0.15) is 0 Å². The van der Waals surface area contributed by atoms with Crippen molar-refractivity contribution >= 4 is 5.97 Å². The van der Waals surface area contributed by atoms with Crippen molar-refractivity contribution in [1.29, 1.82) is 0 Å². The third kappa shape index (κ3) is 7.26. The summed E-state index contributed by atoms with van der Waals surface area (Å²) in [6.07, 6.45) is 1.09. The molecule has 4 nitrogen and oxygen atoms in total. The summed E-state index contributed by atoms with van der Waals surface area (Å²) in [5.74, 6) is -0.253. The van der Waals surface area contributed by atoms with Crippen LogP contribution in [0.5, 0.6) is 0 Å². The van der Waals surface area contributed by atoms with Crippen LogP contribution in [-0.2, 0) is 27.3 Å². The van der Waals surface area contributed by atoms with Gasteiger partial charge in [0.25, 0.3) is 0 Å². The molecule has 0 aliphatic rings. The Bertz CT molecular complexity index is 389.